The number of hydrogen-bond acceptors (Lipinski definition) is 6. The summed E-state index contributed by atoms with van der Waals surface area (Å²) < 4.78 is 1.36. The fraction of sp³-hybridized carbons (Fsp3) is 0.294. The fourth-order valence-electron chi connectivity index (χ4n) is 2.92. The second kappa shape index (κ2) is 6.38. The first kappa shape index (κ1) is 15.9. The third-order valence-corrected chi connectivity index (χ3v) is 5.33. The highest BCUT2D eigenvalue weighted by Crippen LogP contribution is 2.28. The summed E-state index contributed by atoms with van der Waals surface area (Å²) in [6, 6.07) is 5.24. The first-order chi connectivity index (χ1) is 12.2. The van der Waals surface area contributed by atoms with E-state index in [2.05, 4.69) is 27.1 Å². The maximum Gasteiger partial charge on any atom is 0.270 e. The van der Waals surface area contributed by atoms with E-state index in [4.69, 9.17) is 0 Å². The average molecular weight is 355 g/mol. The molecule has 0 bridgehead atoms. The Bertz CT molecular complexity index is 1010. The normalized spacial score (nSPS) is 14.4. The summed E-state index contributed by atoms with van der Waals surface area (Å²) in [5.74, 6) is -0.478. The van der Waals surface area contributed by atoms with Gasteiger partial charge in [-0.2, -0.15) is 0 Å². The molecule has 0 aliphatic carbocycles. The molecule has 0 saturated heterocycles. The molecular formula is C17H17N5O2S. The molecule has 0 unspecified atom stereocenters. The number of fused-ring (bicyclic) bond motifs is 2. The van der Waals surface area contributed by atoms with Crippen LogP contribution in [0.3, 0.4) is 0 Å². The van der Waals surface area contributed by atoms with E-state index in [1.807, 2.05) is 0 Å². The molecule has 0 saturated carbocycles. The lowest BCUT2D eigenvalue weighted by Crippen LogP contribution is -2.29. The molecule has 0 fully saturated rings. The van der Waals surface area contributed by atoms with Crippen LogP contribution >= 0.6 is 11.3 Å². The van der Waals surface area contributed by atoms with Gasteiger partial charge in [0, 0.05) is 36.8 Å². The van der Waals surface area contributed by atoms with Crippen LogP contribution in [0.15, 0.2) is 35.4 Å². The van der Waals surface area contributed by atoms with Crippen molar-refractivity contribution in [1.29, 1.82) is 0 Å². The van der Waals surface area contributed by atoms with Gasteiger partial charge in [-0.25, -0.2) is 9.97 Å². The molecule has 4 heterocycles. The van der Waals surface area contributed by atoms with Crippen LogP contribution < -0.4 is 10.9 Å². The van der Waals surface area contributed by atoms with Crippen molar-refractivity contribution >= 4 is 28.0 Å². The predicted octanol–water partition coefficient (Wildman–Crippen LogP) is 1.78. The standard InChI is InChI=1S/C17H17N5O2S/c1-2-21-8-6-12-13(10-21)25-17(19-12)20-15(23)11-9-18-14-5-3-4-7-22(14)16(11)24/h3-5,7,9H,2,6,8,10H2,1H3,(H,19,20,23). The van der Waals surface area contributed by atoms with Crippen molar-refractivity contribution in [2.75, 3.05) is 18.4 Å². The maximum absolute atomic E-state index is 12.5. The third-order valence-electron chi connectivity index (χ3n) is 4.34. The molecule has 0 spiro atoms. The number of rotatable bonds is 3. The minimum atomic E-state index is -0.478. The zero-order chi connectivity index (χ0) is 17.4. The van der Waals surface area contributed by atoms with Gasteiger partial charge in [-0.05, 0) is 18.7 Å². The maximum atomic E-state index is 12.5. The van der Waals surface area contributed by atoms with E-state index in [0.717, 1.165) is 31.7 Å². The highest BCUT2D eigenvalue weighted by molar-refractivity contribution is 7.15. The first-order valence-electron chi connectivity index (χ1n) is 8.14. The Kier molecular flexibility index (Phi) is 4.06. The summed E-state index contributed by atoms with van der Waals surface area (Å²) in [6.07, 6.45) is 3.80. The van der Waals surface area contributed by atoms with Crippen LogP contribution in [0.25, 0.3) is 5.65 Å². The molecule has 3 aromatic rings. The van der Waals surface area contributed by atoms with Crippen LogP contribution in [0.5, 0.6) is 0 Å². The first-order valence-corrected chi connectivity index (χ1v) is 8.96. The van der Waals surface area contributed by atoms with Crippen molar-refractivity contribution in [3.05, 3.63) is 57.1 Å². The van der Waals surface area contributed by atoms with Crippen LogP contribution in [-0.4, -0.2) is 38.3 Å². The number of carbonyl (C=O) groups is 1. The number of nitrogens with one attached hydrogen (secondary N) is 1. The molecule has 1 aliphatic rings. The number of nitrogens with zero attached hydrogens (tertiary/aromatic N) is 4. The third kappa shape index (κ3) is 2.94. The van der Waals surface area contributed by atoms with Gasteiger partial charge in [-0.15, -0.1) is 11.3 Å². The lowest BCUT2D eigenvalue weighted by molar-refractivity contribution is 0.102. The second-order valence-corrected chi connectivity index (χ2v) is 6.95. The molecule has 0 aromatic carbocycles. The van der Waals surface area contributed by atoms with Gasteiger partial charge in [0.15, 0.2) is 5.13 Å². The molecule has 1 N–H and O–H groups in total. The van der Waals surface area contributed by atoms with E-state index in [0.29, 0.717) is 10.8 Å². The Hall–Kier alpha value is -2.58. The Morgan fingerprint density at radius 1 is 1.40 bits per heavy atom. The molecule has 0 radical (unpaired) electrons. The number of aromatic nitrogens is 3. The number of anilines is 1. The van der Waals surface area contributed by atoms with Crippen LogP contribution in [0, 0.1) is 0 Å². The summed E-state index contributed by atoms with van der Waals surface area (Å²) in [4.78, 5) is 37.2. The van der Waals surface area contributed by atoms with Gasteiger partial charge >= 0.3 is 0 Å². The summed E-state index contributed by atoms with van der Waals surface area (Å²) in [5, 5.41) is 3.28. The molecule has 25 heavy (non-hydrogen) atoms. The molecule has 1 aliphatic heterocycles. The van der Waals surface area contributed by atoms with Crippen LogP contribution in [0.2, 0.25) is 0 Å². The van der Waals surface area contributed by atoms with Gasteiger partial charge in [0.05, 0.1) is 5.69 Å². The topological polar surface area (TPSA) is 79.6 Å². The van der Waals surface area contributed by atoms with Crippen molar-refractivity contribution in [3.63, 3.8) is 0 Å². The van der Waals surface area contributed by atoms with Gasteiger partial charge < -0.3 is 0 Å². The number of pyridine rings is 1. The Balaban J connectivity index is 1.60. The second-order valence-electron chi connectivity index (χ2n) is 5.87. The Labute approximate surface area is 148 Å². The lowest BCUT2D eigenvalue weighted by atomic mass is 10.2. The molecule has 1 amide bonds. The number of hydrogen-bond donors (Lipinski definition) is 1. The molecule has 3 aromatic heterocycles. The monoisotopic (exact) mass is 355 g/mol. The molecular weight excluding hydrogens is 338 g/mol. The van der Waals surface area contributed by atoms with Crippen LogP contribution in [0.4, 0.5) is 5.13 Å². The van der Waals surface area contributed by atoms with Crippen molar-refractivity contribution in [3.8, 4) is 0 Å². The summed E-state index contributed by atoms with van der Waals surface area (Å²) in [5.41, 5.74) is 1.17. The van der Waals surface area contributed by atoms with Crippen molar-refractivity contribution in [2.45, 2.75) is 19.9 Å². The molecule has 7 nitrogen and oxygen atoms in total. The number of carbonyl (C=O) groups excluding carboxylic acids is 1. The average Bonchev–Trinajstić information content (AvgIpc) is 3.03. The smallest absolute Gasteiger partial charge is 0.270 e. The minimum absolute atomic E-state index is 0.00653. The van der Waals surface area contributed by atoms with Gasteiger partial charge in [0.25, 0.3) is 11.5 Å². The number of amides is 1. The molecule has 0 atom stereocenters. The van der Waals surface area contributed by atoms with Gasteiger partial charge in [-0.1, -0.05) is 13.0 Å². The zero-order valence-corrected chi connectivity index (χ0v) is 14.5. The largest absolute Gasteiger partial charge is 0.298 e. The summed E-state index contributed by atoms with van der Waals surface area (Å²) >= 11 is 1.47. The quantitative estimate of drug-likeness (QED) is 0.775. The van der Waals surface area contributed by atoms with Gasteiger partial charge in [0.2, 0.25) is 0 Å². The minimum Gasteiger partial charge on any atom is -0.298 e. The Morgan fingerprint density at radius 3 is 3.12 bits per heavy atom. The van der Waals surface area contributed by atoms with Gasteiger partial charge in [-0.3, -0.25) is 24.2 Å². The SMILES string of the molecule is CCN1CCc2nc(NC(=O)c3cnc4ccccn4c3=O)sc2C1. The van der Waals surface area contributed by atoms with E-state index in [1.54, 1.807) is 24.4 Å². The van der Waals surface area contributed by atoms with E-state index in [1.165, 1.54) is 26.8 Å². The van der Waals surface area contributed by atoms with Gasteiger partial charge in [0.1, 0.15) is 11.2 Å². The fourth-order valence-corrected chi connectivity index (χ4v) is 3.96. The van der Waals surface area contributed by atoms with Crippen molar-refractivity contribution in [1.82, 2.24) is 19.3 Å². The molecule has 8 heteroatoms. The highest BCUT2D eigenvalue weighted by atomic mass is 32.1. The summed E-state index contributed by atoms with van der Waals surface area (Å²) in [6.45, 7) is 4.98. The number of likely N-dealkylation sites (N-methyl/N-ethyl adjacent to an activating group) is 1. The van der Waals surface area contributed by atoms with E-state index >= 15 is 0 Å². The van der Waals surface area contributed by atoms with Crippen LogP contribution in [0.1, 0.15) is 27.9 Å². The number of thiazole rings is 1. The van der Waals surface area contributed by atoms with E-state index in [-0.39, 0.29) is 11.1 Å². The molecule has 128 valence electrons. The van der Waals surface area contributed by atoms with Crippen LogP contribution in [-0.2, 0) is 13.0 Å². The molecule has 4 rings (SSSR count). The van der Waals surface area contributed by atoms with E-state index < -0.39 is 5.91 Å². The zero-order valence-electron chi connectivity index (χ0n) is 13.7. The van der Waals surface area contributed by atoms with Crippen molar-refractivity contribution in [2.24, 2.45) is 0 Å². The lowest BCUT2D eigenvalue weighted by Gasteiger charge is -2.23. The summed E-state index contributed by atoms with van der Waals surface area (Å²) in [7, 11) is 0. The van der Waals surface area contributed by atoms with Crippen molar-refractivity contribution < 1.29 is 4.79 Å². The highest BCUT2D eigenvalue weighted by Gasteiger charge is 2.21. The Morgan fingerprint density at radius 2 is 2.28 bits per heavy atom. The van der Waals surface area contributed by atoms with E-state index in [9.17, 15) is 9.59 Å². The predicted molar refractivity (Wildman–Crippen MR) is 96.2 cm³/mol.